The number of aromatic hydroxyl groups is 1. The lowest BCUT2D eigenvalue weighted by atomic mass is 10.1. The zero-order chi connectivity index (χ0) is 13.4. The maximum atomic E-state index is 9.19. The standard InChI is InChI=1S/C9H10O.C8H10/c1-2-5-8-6-3-4-7-9(8)10;1-7-5-3-4-6-8(7)2/h2-4,6-7,10H,1,5H2;3-6H,1-2H3. The van der Waals surface area contributed by atoms with Gasteiger partial charge in [-0.2, -0.15) is 0 Å². The summed E-state index contributed by atoms with van der Waals surface area (Å²) in [4.78, 5) is 0. The quantitative estimate of drug-likeness (QED) is 0.770. The molecule has 1 nitrogen and oxygen atoms in total. The van der Waals surface area contributed by atoms with Crippen molar-refractivity contribution >= 4 is 0 Å². The number of allylic oxidation sites excluding steroid dienone is 1. The van der Waals surface area contributed by atoms with Crippen LogP contribution in [0.15, 0.2) is 61.2 Å². The predicted molar refractivity (Wildman–Crippen MR) is 77.9 cm³/mol. The Balaban J connectivity index is 0.000000184. The zero-order valence-corrected chi connectivity index (χ0v) is 11.1. The summed E-state index contributed by atoms with van der Waals surface area (Å²) in [5, 5.41) is 9.19. The number of hydrogen-bond acceptors (Lipinski definition) is 1. The second-order valence-corrected chi connectivity index (χ2v) is 4.21. The summed E-state index contributed by atoms with van der Waals surface area (Å²) >= 11 is 0. The minimum atomic E-state index is 0.349. The Kier molecular flexibility index (Phi) is 5.72. The van der Waals surface area contributed by atoms with Crippen molar-refractivity contribution in [3.8, 4) is 5.75 Å². The Morgan fingerprint density at radius 1 is 0.944 bits per heavy atom. The van der Waals surface area contributed by atoms with Crippen LogP contribution in [-0.4, -0.2) is 5.11 Å². The van der Waals surface area contributed by atoms with Crippen LogP contribution in [0.5, 0.6) is 5.75 Å². The van der Waals surface area contributed by atoms with Crippen LogP contribution in [-0.2, 0) is 6.42 Å². The second-order valence-electron chi connectivity index (χ2n) is 4.21. The molecule has 0 spiro atoms. The lowest BCUT2D eigenvalue weighted by Gasteiger charge is -1.97. The normalized spacial score (nSPS) is 9.22. The van der Waals surface area contributed by atoms with Gasteiger partial charge in [0.05, 0.1) is 0 Å². The molecule has 0 saturated carbocycles. The van der Waals surface area contributed by atoms with Crippen molar-refractivity contribution < 1.29 is 5.11 Å². The number of phenols is 1. The van der Waals surface area contributed by atoms with Gasteiger partial charge in [-0.25, -0.2) is 0 Å². The fourth-order valence-electron chi connectivity index (χ4n) is 1.50. The summed E-state index contributed by atoms with van der Waals surface area (Å²) in [6.07, 6.45) is 2.50. The lowest BCUT2D eigenvalue weighted by molar-refractivity contribution is 0.470. The maximum absolute atomic E-state index is 9.19. The Morgan fingerprint density at radius 2 is 1.44 bits per heavy atom. The molecule has 0 aliphatic heterocycles. The highest BCUT2D eigenvalue weighted by Crippen LogP contribution is 2.15. The molecule has 0 saturated heterocycles. The number of aryl methyl sites for hydroxylation is 2. The van der Waals surface area contributed by atoms with Crippen LogP contribution < -0.4 is 0 Å². The molecule has 0 fully saturated rings. The molecule has 0 aromatic heterocycles. The molecular weight excluding hydrogens is 220 g/mol. The molecule has 94 valence electrons. The molecule has 0 bridgehead atoms. The third-order valence-electron chi connectivity index (χ3n) is 2.78. The van der Waals surface area contributed by atoms with Crippen LogP contribution in [0.4, 0.5) is 0 Å². The van der Waals surface area contributed by atoms with Gasteiger partial charge >= 0.3 is 0 Å². The molecule has 0 aliphatic carbocycles. The van der Waals surface area contributed by atoms with Crippen LogP contribution in [0.2, 0.25) is 0 Å². The van der Waals surface area contributed by atoms with Crippen molar-refractivity contribution in [2.24, 2.45) is 0 Å². The van der Waals surface area contributed by atoms with E-state index in [0.29, 0.717) is 5.75 Å². The summed E-state index contributed by atoms with van der Waals surface area (Å²) in [7, 11) is 0. The van der Waals surface area contributed by atoms with Crippen LogP contribution in [0, 0.1) is 13.8 Å². The fourth-order valence-corrected chi connectivity index (χ4v) is 1.50. The first-order chi connectivity index (χ1) is 8.65. The van der Waals surface area contributed by atoms with E-state index in [0.717, 1.165) is 12.0 Å². The molecule has 0 unspecified atom stereocenters. The van der Waals surface area contributed by atoms with Gasteiger partial charge in [-0.3, -0.25) is 0 Å². The van der Waals surface area contributed by atoms with Gasteiger partial charge in [-0.15, -0.1) is 6.58 Å². The van der Waals surface area contributed by atoms with Crippen molar-refractivity contribution in [3.05, 3.63) is 77.9 Å². The largest absolute Gasteiger partial charge is 0.508 e. The summed E-state index contributed by atoms with van der Waals surface area (Å²) in [6.45, 7) is 7.83. The molecule has 2 aromatic rings. The number of para-hydroxylation sites is 1. The van der Waals surface area contributed by atoms with E-state index in [1.807, 2.05) is 18.2 Å². The first-order valence-electron chi connectivity index (χ1n) is 6.05. The van der Waals surface area contributed by atoms with E-state index in [9.17, 15) is 5.11 Å². The maximum Gasteiger partial charge on any atom is 0.119 e. The van der Waals surface area contributed by atoms with Gasteiger partial charge in [0.1, 0.15) is 5.75 Å². The molecule has 1 heteroatoms. The third kappa shape index (κ3) is 4.46. The summed E-state index contributed by atoms with van der Waals surface area (Å²) in [6, 6.07) is 15.6. The fraction of sp³-hybridized carbons (Fsp3) is 0.176. The highest BCUT2D eigenvalue weighted by atomic mass is 16.3. The van der Waals surface area contributed by atoms with Gasteiger partial charge in [0, 0.05) is 0 Å². The van der Waals surface area contributed by atoms with Crippen LogP contribution in [0.3, 0.4) is 0 Å². The number of phenolic OH excluding ortho intramolecular Hbond substituents is 1. The molecule has 0 heterocycles. The minimum absolute atomic E-state index is 0.349. The van der Waals surface area contributed by atoms with Gasteiger partial charge < -0.3 is 5.11 Å². The zero-order valence-electron chi connectivity index (χ0n) is 11.1. The SMILES string of the molecule is C=CCc1ccccc1O.Cc1ccccc1C. The summed E-state index contributed by atoms with van der Waals surface area (Å²) in [5.41, 5.74) is 3.66. The van der Waals surface area contributed by atoms with Gasteiger partial charge in [0.2, 0.25) is 0 Å². The van der Waals surface area contributed by atoms with E-state index in [4.69, 9.17) is 0 Å². The number of hydrogen-bond donors (Lipinski definition) is 1. The van der Waals surface area contributed by atoms with E-state index < -0.39 is 0 Å². The number of rotatable bonds is 2. The Morgan fingerprint density at radius 3 is 1.89 bits per heavy atom. The van der Waals surface area contributed by atoms with Crippen molar-refractivity contribution in [1.29, 1.82) is 0 Å². The molecule has 2 aromatic carbocycles. The van der Waals surface area contributed by atoms with Crippen molar-refractivity contribution in [2.45, 2.75) is 20.3 Å². The molecule has 2 rings (SSSR count). The summed E-state index contributed by atoms with van der Waals surface area (Å²) < 4.78 is 0. The highest BCUT2D eigenvalue weighted by molar-refractivity contribution is 5.32. The molecule has 1 N–H and O–H groups in total. The molecule has 0 radical (unpaired) electrons. The molecular formula is C17H20O. The van der Waals surface area contributed by atoms with Gasteiger partial charge in [0.15, 0.2) is 0 Å². The Bertz CT molecular complexity index is 479. The molecule has 0 atom stereocenters. The monoisotopic (exact) mass is 240 g/mol. The predicted octanol–water partition coefficient (Wildman–Crippen LogP) is 4.42. The molecule has 0 amide bonds. The topological polar surface area (TPSA) is 20.2 Å². The molecule has 0 aliphatic rings. The smallest absolute Gasteiger partial charge is 0.119 e. The highest BCUT2D eigenvalue weighted by Gasteiger charge is 1.93. The lowest BCUT2D eigenvalue weighted by Crippen LogP contribution is -1.79. The van der Waals surface area contributed by atoms with Crippen molar-refractivity contribution in [2.75, 3.05) is 0 Å². The average Bonchev–Trinajstić information content (AvgIpc) is 2.37. The van der Waals surface area contributed by atoms with E-state index in [1.54, 1.807) is 12.1 Å². The van der Waals surface area contributed by atoms with Gasteiger partial charge in [-0.1, -0.05) is 48.5 Å². The van der Waals surface area contributed by atoms with Crippen molar-refractivity contribution in [3.63, 3.8) is 0 Å². The average molecular weight is 240 g/mol. The Labute approximate surface area is 109 Å². The van der Waals surface area contributed by atoms with E-state index in [1.165, 1.54) is 11.1 Å². The van der Waals surface area contributed by atoms with Crippen LogP contribution in [0.1, 0.15) is 16.7 Å². The van der Waals surface area contributed by atoms with E-state index >= 15 is 0 Å². The van der Waals surface area contributed by atoms with Gasteiger partial charge in [-0.05, 0) is 43.0 Å². The summed E-state index contributed by atoms with van der Waals surface area (Å²) in [5.74, 6) is 0.349. The minimum Gasteiger partial charge on any atom is -0.508 e. The van der Waals surface area contributed by atoms with Crippen LogP contribution >= 0.6 is 0 Å². The van der Waals surface area contributed by atoms with Crippen LogP contribution in [0.25, 0.3) is 0 Å². The molecule has 18 heavy (non-hydrogen) atoms. The third-order valence-corrected chi connectivity index (χ3v) is 2.78. The first kappa shape index (κ1) is 14.0. The Hall–Kier alpha value is -2.02. The number of benzene rings is 2. The second kappa shape index (κ2) is 7.33. The van der Waals surface area contributed by atoms with E-state index in [-0.39, 0.29) is 0 Å². The van der Waals surface area contributed by atoms with E-state index in [2.05, 4.69) is 44.7 Å². The van der Waals surface area contributed by atoms with Gasteiger partial charge in [0.25, 0.3) is 0 Å². The van der Waals surface area contributed by atoms with Crippen molar-refractivity contribution in [1.82, 2.24) is 0 Å². The first-order valence-corrected chi connectivity index (χ1v) is 6.05.